The molecule has 98 valence electrons. The van der Waals surface area contributed by atoms with E-state index >= 15 is 0 Å². The molecule has 1 aliphatic rings. The van der Waals surface area contributed by atoms with E-state index in [1.54, 1.807) is 0 Å². The van der Waals surface area contributed by atoms with Gasteiger partial charge in [-0.25, -0.2) is 4.79 Å². The second-order valence-corrected chi connectivity index (χ2v) is 4.84. The first-order valence-electron chi connectivity index (χ1n) is 6.31. The molecule has 3 N–H and O–H groups in total. The van der Waals surface area contributed by atoms with E-state index in [9.17, 15) is 9.59 Å². The standard InChI is InChI=1S/C12H22N2O3/c1-3-4-9-7-10(9)14-12(17)13-8(2)5-6-11(15)16/h8-10H,3-7H2,1-2H3,(H,15,16)(H2,13,14,17). The summed E-state index contributed by atoms with van der Waals surface area (Å²) in [6.45, 7) is 3.96. The highest BCUT2D eigenvalue weighted by Gasteiger charge is 2.37. The zero-order valence-electron chi connectivity index (χ0n) is 10.5. The summed E-state index contributed by atoms with van der Waals surface area (Å²) in [5.74, 6) is -0.190. The van der Waals surface area contributed by atoms with Crippen molar-refractivity contribution in [1.82, 2.24) is 10.6 Å². The Bertz CT molecular complexity index is 281. The van der Waals surface area contributed by atoms with Gasteiger partial charge in [-0.15, -0.1) is 0 Å². The molecule has 5 heteroatoms. The number of hydrogen-bond acceptors (Lipinski definition) is 2. The van der Waals surface area contributed by atoms with Crippen LogP contribution in [0.4, 0.5) is 4.79 Å². The van der Waals surface area contributed by atoms with Gasteiger partial charge in [0.15, 0.2) is 0 Å². The number of rotatable bonds is 7. The number of carbonyl (C=O) groups excluding carboxylic acids is 1. The summed E-state index contributed by atoms with van der Waals surface area (Å²) in [5, 5.41) is 14.2. The van der Waals surface area contributed by atoms with Gasteiger partial charge in [-0.2, -0.15) is 0 Å². The molecule has 3 atom stereocenters. The molecule has 5 nitrogen and oxygen atoms in total. The summed E-state index contributed by atoms with van der Waals surface area (Å²) >= 11 is 0. The van der Waals surface area contributed by atoms with Crippen LogP contribution in [0.15, 0.2) is 0 Å². The van der Waals surface area contributed by atoms with E-state index in [0.717, 1.165) is 12.8 Å². The highest BCUT2D eigenvalue weighted by molar-refractivity contribution is 5.75. The topological polar surface area (TPSA) is 78.4 Å². The third kappa shape index (κ3) is 5.56. The number of urea groups is 1. The fourth-order valence-corrected chi connectivity index (χ4v) is 1.96. The molecule has 0 bridgehead atoms. The maximum atomic E-state index is 11.5. The number of hydrogen-bond donors (Lipinski definition) is 3. The van der Waals surface area contributed by atoms with Crippen LogP contribution in [-0.4, -0.2) is 29.2 Å². The minimum Gasteiger partial charge on any atom is -0.481 e. The highest BCUT2D eigenvalue weighted by atomic mass is 16.4. The van der Waals surface area contributed by atoms with Crippen LogP contribution in [-0.2, 0) is 4.79 Å². The van der Waals surface area contributed by atoms with E-state index in [1.807, 2.05) is 6.92 Å². The van der Waals surface area contributed by atoms with Gasteiger partial charge in [0.25, 0.3) is 0 Å². The molecule has 0 radical (unpaired) electrons. The van der Waals surface area contributed by atoms with Crippen molar-refractivity contribution < 1.29 is 14.7 Å². The van der Waals surface area contributed by atoms with Gasteiger partial charge >= 0.3 is 12.0 Å². The van der Waals surface area contributed by atoms with Crippen molar-refractivity contribution >= 4 is 12.0 Å². The Balaban J connectivity index is 2.11. The molecule has 17 heavy (non-hydrogen) atoms. The van der Waals surface area contributed by atoms with Gasteiger partial charge in [0.1, 0.15) is 0 Å². The first-order chi connectivity index (χ1) is 8.02. The zero-order chi connectivity index (χ0) is 12.8. The lowest BCUT2D eigenvalue weighted by Crippen LogP contribution is -2.42. The molecule has 0 aromatic heterocycles. The molecule has 1 rings (SSSR count). The molecule has 0 heterocycles. The van der Waals surface area contributed by atoms with Crippen LogP contribution >= 0.6 is 0 Å². The van der Waals surface area contributed by atoms with E-state index in [1.165, 1.54) is 6.42 Å². The minimum atomic E-state index is -0.829. The van der Waals surface area contributed by atoms with Gasteiger partial charge in [0, 0.05) is 18.5 Å². The van der Waals surface area contributed by atoms with Crippen molar-refractivity contribution in [3.8, 4) is 0 Å². The predicted molar refractivity (Wildman–Crippen MR) is 64.8 cm³/mol. The second-order valence-electron chi connectivity index (χ2n) is 4.84. The normalized spacial score (nSPS) is 23.9. The monoisotopic (exact) mass is 242 g/mol. The molecule has 0 saturated heterocycles. The molecular formula is C12H22N2O3. The Morgan fingerprint density at radius 2 is 2.18 bits per heavy atom. The first kappa shape index (κ1) is 13.8. The third-order valence-corrected chi connectivity index (χ3v) is 3.07. The molecule has 0 aromatic rings. The molecule has 0 aliphatic heterocycles. The molecule has 1 aliphatic carbocycles. The SMILES string of the molecule is CCCC1CC1NC(=O)NC(C)CCC(=O)O. The summed E-state index contributed by atoms with van der Waals surface area (Å²) in [5.41, 5.74) is 0. The van der Waals surface area contributed by atoms with E-state index in [2.05, 4.69) is 17.6 Å². The van der Waals surface area contributed by atoms with Crippen LogP contribution in [0.3, 0.4) is 0 Å². The van der Waals surface area contributed by atoms with Crippen molar-refractivity contribution in [2.24, 2.45) is 5.92 Å². The van der Waals surface area contributed by atoms with Gasteiger partial charge in [0.05, 0.1) is 0 Å². The number of nitrogens with one attached hydrogen (secondary N) is 2. The van der Waals surface area contributed by atoms with E-state index in [0.29, 0.717) is 18.4 Å². The van der Waals surface area contributed by atoms with Crippen LogP contribution in [0, 0.1) is 5.92 Å². The quantitative estimate of drug-likeness (QED) is 0.636. The van der Waals surface area contributed by atoms with Crippen molar-refractivity contribution in [3.05, 3.63) is 0 Å². The zero-order valence-corrected chi connectivity index (χ0v) is 10.5. The number of amides is 2. The summed E-state index contributed by atoms with van der Waals surface area (Å²) < 4.78 is 0. The summed E-state index contributed by atoms with van der Waals surface area (Å²) in [7, 11) is 0. The minimum absolute atomic E-state index is 0.0866. The average molecular weight is 242 g/mol. The van der Waals surface area contributed by atoms with Crippen LogP contribution in [0.2, 0.25) is 0 Å². The largest absolute Gasteiger partial charge is 0.481 e. The van der Waals surface area contributed by atoms with Gasteiger partial charge in [-0.05, 0) is 32.1 Å². The van der Waals surface area contributed by atoms with Crippen LogP contribution < -0.4 is 10.6 Å². The maximum Gasteiger partial charge on any atom is 0.315 e. The van der Waals surface area contributed by atoms with E-state index < -0.39 is 5.97 Å². The lowest BCUT2D eigenvalue weighted by atomic mass is 10.2. The number of aliphatic carboxylic acids is 1. The lowest BCUT2D eigenvalue weighted by molar-refractivity contribution is -0.137. The third-order valence-electron chi connectivity index (χ3n) is 3.07. The molecule has 1 saturated carbocycles. The Labute approximate surface area is 102 Å². The smallest absolute Gasteiger partial charge is 0.315 e. The fraction of sp³-hybridized carbons (Fsp3) is 0.833. The Kier molecular flexibility index (Phi) is 5.25. The Hall–Kier alpha value is -1.26. The van der Waals surface area contributed by atoms with Crippen LogP contribution in [0.1, 0.15) is 46.0 Å². The number of carbonyl (C=O) groups is 2. The number of carboxylic acid groups (broad SMARTS) is 1. The Morgan fingerprint density at radius 1 is 1.47 bits per heavy atom. The van der Waals surface area contributed by atoms with Crippen LogP contribution in [0.5, 0.6) is 0 Å². The van der Waals surface area contributed by atoms with Gasteiger partial charge in [-0.1, -0.05) is 13.3 Å². The molecule has 1 fully saturated rings. The maximum absolute atomic E-state index is 11.5. The highest BCUT2D eigenvalue weighted by Crippen LogP contribution is 2.34. The van der Waals surface area contributed by atoms with Crippen molar-refractivity contribution in [2.45, 2.75) is 58.0 Å². The molecule has 2 amide bonds. The summed E-state index contributed by atoms with van der Waals surface area (Å²) in [6, 6.07) is 0.0441. The average Bonchev–Trinajstić information content (AvgIpc) is 2.93. The van der Waals surface area contributed by atoms with Gasteiger partial charge in [0.2, 0.25) is 0 Å². The molecule has 0 aromatic carbocycles. The molecular weight excluding hydrogens is 220 g/mol. The molecule has 3 unspecified atom stereocenters. The molecule has 0 spiro atoms. The second kappa shape index (κ2) is 6.47. The summed E-state index contributed by atoms with van der Waals surface area (Å²) in [4.78, 5) is 21.9. The van der Waals surface area contributed by atoms with E-state index in [-0.39, 0.29) is 18.5 Å². The summed E-state index contributed by atoms with van der Waals surface area (Å²) in [6.07, 6.45) is 3.94. The van der Waals surface area contributed by atoms with Crippen molar-refractivity contribution in [3.63, 3.8) is 0 Å². The van der Waals surface area contributed by atoms with Crippen LogP contribution in [0.25, 0.3) is 0 Å². The number of carboxylic acids is 1. The van der Waals surface area contributed by atoms with E-state index in [4.69, 9.17) is 5.11 Å². The Morgan fingerprint density at radius 3 is 2.76 bits per heavy atom. The van der Waals surface area contributed by atoms with Crippen molar-refractivity contribution in [1.29, 1.82) is 0 Å². The van der Waals surface area contributed by atoms with Gasteiger partial charge in [-0.3, -0.25) is 4.79 Å². The predicted octanol–water partition coefficient (Wildman–Crippen LogP) is 1.73. The van der Waals surface area contributed by atoms with Gasteiger partial charge < -0.3 is 15.7 Å². The lowest BCUT2D eigenvalue weighted by Gasteiger charge is -2.13. The fourth-order valence-electron chi connectivity index (χ4n) is 1.96. The first-order valence-corrected chi connectivity index (χ1v) is 6.31. The van der Waals surface area contributed by atoms with Crippen molar-refractivity contribution in [2.75, 3.05) is 0 Å².